The van der Waals surface area contributed by atoms with E-state index in [-0.39, 0.29) is 5.41 Å². The summed E-state index contributed by atoms with van der Waals surface area (Å²) < 4.78 is 13.7. The van der Waals surface area contributed by atoms with Gasteiger partial charge in [-0.2, -0.15) is 0 Å². The molecular formula is C53H35NO2. The van der Waals surface area contributed by atoms with Gasteiger partial charge in [0.2, 0.25) is 0 Å². The Balaban J connectivity index is 1.21. The Bertz CT molecular complexity index is 3410. The van der Waals surface area contributed by atoms with Crippen molar-refractivity contribution in [2.45, 2.75) is 19.3 Å². The zero-order valence-electron chi connectivity index (χ0n) is 31.0. The van der Waals surface area contributed by atoms with Crippen molar-refractivity contribution in [3.8, 4) is 22.3 Å². The van der Waals surface area contributed by atoms with E-state index in [1.165, 1.54) is 43.8 Å². The van der Waals surface area contributed by atoms with Crippen LogP contribution in [0.5, 0.6) is 0 Å². The highest BCUT2D eigenvalue weighted by atomic mass is 16.3. The Hall–Kier alpha value is -7.10. The summed E-state index contributed by atoms with van der Waals surface area (Å²) in [5, 5.41) is 9.07. The zero-order valence-corrected chi connectivity index (χ0v) is 31.0. The molecule has 2 heterocycles. The van der Waals surface area contributed by atoms with Crippen LogP contribution in [0.3, 0.4) is 0 Å². The van der Waals surface area contributed by atoms with Gasteiger partial charge in [-0.3, -0.25) is 0 Å². The highest BCUT2D eigenvalue weighted by molar-refractivity contribution is 6.30. The van der Waals surface area contributed by atoms with Crippen LogP contribution in [-0.2, 0) is 5.41 Å². The number of benzene rings is 9. The van der Waals surface area contributed by atoms with Crippen LogP contribution in [0.1, 0.15) is 25.0 Å². The van der Waals surface area contributed by atoms with Gasteiger partial charge in [0.15, 0.2) is 5.58 Å². The summed E-state index contributed by atoms with van der Waals surface area (Å²) in [6.07, 6.45) is 0. The highest BCUT2D eigenvalue weighted by Crippen LogP contribution is 2.53. The summed E-state index contributed by atoms with van der Waals surface area (Å²) in [5.74, 6) is 0. The summed E-state index contributed by atoms with van der Waals surface area (Å²) in [6.45, 7) is 4.69. The SMILES string of the molecule is CC1(C)c2ccccc2-c2ccc(N(c3cccc4ccccc34)c3ccc(-c4ccc5ccccc5c4)c4c3oc3ccc5oc6ccccc6c5c34)cc21. The van der Waals surface area contributed by atoms with Crippen molar-refractivity contribution in [1.82, 2.24) is 0 Å². The van der Waals surface area contributed by atoms with Crippen LogP contribution in [0.25, 0.3) is 87.7 Å². The Labute approximate surface area is 323 Å². The van der Waals surface area contributed by atoms with Gasteiger partial charge < -0.3 is 13.7 Å². The summed E-state index contributed by atoms with van der Waals surface area (Å²) in [5.41, 5.74) is 13.9. The number of nitrogens with zero attached hydrogens (tertiary/aromatic N) is 1. The maximum Gasteiger partial charge on any atom is 0.160 e. The number of hydrogen-bond donors (Lipinski definition) is 0. The molecule has 0 saturated carbocycles. The van der Waals surface area contributed by atoms with Crippen molar-refractivity contribution in [3.63, 3.8) is 0 Å². The Morgan fingerprint density at radius 3 is 2.00 bits per heavy atom. The van der Waals surface area contributed by atoms with Gasteiger partial charge in [0.1, 0.15) is 16.7 Å². The maximum absolute atomic E-state index is 7.20. The van der Waals surface area contributed by atoms with E-state index in [4.69, 9.17) is 8.83 Å². The van der Waals surface area contributed by atoms with Crippen LogP contribution in [0, 0.1) is 0 Å². The first-order valence-corrected chi connectivity index (χ1v) is 19.3. The molecule has 3 heteroatoms. The fraction of sp³-hybridized carbons (Fsp3) is 0.0566. The van der Waals surface area contributed by atoms with Crippen molar-refractivity contribution in [3.05, 3.63) is 187 Å². The van der Waals surface area contributed by atoms with E-state index in [2.05, 4.69) is 189 Å². The van der Waals surface area contributed by atoms with Gasteiger partial charge >= 0.3 is 0 Å². The fourth-order valence-corrected chi connectivity index (χ4v) is 9.58. The van der Waals surface area contributed by atoms with Crippen molar-refractivity contribution in [1.29, 1.82) is 0 Å². The van der Waals surface area contributed by atoms with Gasteiger partial charge in [0, 0.05) is 38.0 Å². The van der Waals surface area contributed by atoms with Crippen molar-refractivity contribution in [2.75, 3.05) is 4.90 Å². The molecule has 0 bridgehead atoms. The third-order valence-electron chi connectivity index (χ3n) is 12.2. The number of fused-ring (bicyclic) bond motifs is 12. The monoisotopic (exact) mass is 717 g/mol. The second kappa shape index (κ2) is 11.5. The van der Waals surface area contributed by atoms with E-state index >= 15 is 0 Å². The molecule has 1 aliphatic carbocycles. The normalized spacial score (nSPS) is 13.3. The van der Waals surface area contributed by atoms with Crippen molar-refractivity contribution in [2.24, 2.45) is 0 Å². The van der Waals surface area contributed by atoms with Gasteiger partial charge in [0.05, 0.1) is 11.4 Å². The Kier molecular flexibility index (Phi) is 6.40. The number of anilines is 3. The number of para-hydroxylation sites is 1. The lowest BCUT2D eigenvalue weighted by molar-refractivity contribution is 0.660. The minimum absolute atomic E-state index is 0.158. The van der Waals surface area contributed by atoms with Gasteiger partial charge in [-0.25, -0.2) is 0 Å². The molecule has 9 aromatic carbocycles. The number of rotatable bonds is 4. The molecule has 0 spiro atoms. The molecule has 2 aromatic heterocycles. The van der Waals surface area contributed by atoms with Crippen LogP contribution in [0.2, 0.25) is 0 Å². The van der Waals surface area contributed by atoms with E-state index in [1.807, 2.05) is 6.07 Å². The first-order valence-electron chi connectivity index (χ1n) is 19.3. The smallest absolute Gasteiger partial charge is 0.160 e. The molecule has 0 aliphatic heterocycles. The summed E-state index contributed by atoms with van der Waals surface area (Å²) in [4.78, 5) is 2.42. The number of hydrogen-bond acceptors (Lipinski definition) is 3. The minimum Gasteiger partial charge on any atom is -0.456 e. The lowest BCUT2D eigenvalue weighted by Gasteiger charge is -2.29. The summed E-state index contributed by atoms with van der Waals surface area (Å²) in [7, 11) is 0. The largest absolute Gasteiger partial charge is 0.456 e. The van der Waals surface area contributed by atoms with Gasteiger partial charge in [0.25, 0.3) is 0 Å². The lowest BCUT2D eigenvalue weighted by Crippen LogP contribution is -2.16. The molecule has 12 rings (SSSR count). The molecular weight excluding hydrogens is 683 g/mol. The van der Waals surface area contributed by atoms with E-state index in [0.29, 0.717) is 0 Å². The van der Waals surface area contributed by atoms with Crippen molar-refractivity contribution >= 4 is 82.5 Å². The second-order valence-corrected chi connectivity index (χ2v) is 15.6. The van der Waals surface area contributed by atoms with Gasteiger partial charge in [-0.05, 0) is 98.1 Å². The van der Waals surface area contributed by atoms with Crippen LogP contribution in [0.15, 0.2) is 185 Å². The van der Waals surface area contributed by atoms with E-state index < -0.39 is 0 Å². The standard InChI is InChI=1S/C53H35NO2/c1-53(2)42-19-9-7-17-39(42)40-25-24-36(31-43(40)53)54(44-20-11-15-33-13-5-6-16-37(33)44)45-27-26-38(35-23-22-32-12-3-4-14-34(32)30-35)50-51-48(56-52(45)50)29-28-47-49(51)41-18-8-10-21-46(41)55-47/h3-31H,1-2H3. The fourth-order valence-electron chi connectivity index (χ4n) is 9.58. The highest BCUT2D eigenvalue weighted by Gasteiger charge is 2.36. The number of furan rings is 2. The molecule has 264 valence electrons. The average Bonchev–Trinajstić information content (AvgIpc) is 3.89. The molecule has 1 aliphatic rings. The first-order chi connectivity index (χ1) is 27.5. The molecule has 0 fully saturated rings. The molecule has 3 nitrogen and oxygen atoms in total. The van der Waals surface area contributed by atoms with Crippen LogP contribution in [0.4, 0.5) is 17.1 Å². The first kappa shape index (κ1) is 31.3. The van der Waals surface area contributed by atoms with E-state index in [1.54, 1.807) is 0 Å². The third-order valence-corrected chi connectivity index (χ3v) is 12.2. The third kappa shape index (κ3) is 4.34. The van der Waals surface area contributed by atoms with Gasteiger partial charge in [-0.1, -0.05) is 141 Å². The van der Waals surface area contributed by atoms with Crippen LogP contribution < -0.4 is 4.90 Å². The van der Waals surface area contributed by atoms with Crippen molar-refractivity contribution < 1.29 is 8.83 Å². The predicted molar refractivity (Wildman–Crippen MR) is 234 cm³/mol. The average molecular weight is 718 g/mol. The second-order valence-electron chi connectivity index (χ2n) is 15.6. The topological polar surface area (TPSA) is 29.5 Å². The minimum atomic E-state index is -0.158. The molecule has 0 unspecified atom stereocenters. The Morgan fingerprint density at radius 1 is 0.411 bits per heavy atom. The summed E-state index contributed by atoms with van der Waals surface area (Å²) >= 11 is 0. The Morgan fingerprint density at radius 2 is 1.11 bits per heavy atom. The van der Waals surface area contributed by atoms with E-state index in [9.17, 15) is 0 Å². The molecule has 56 heavy (non-hydrogen) atoms. The predicted octanol–water partition coefficient (Wildman–Crippen LogP) is 15.2. The molecule has 0 atom stereocenters. The molecule has 0 radical (unpaired) electrons. The quantitative estimate of drug-likeness (QED) is 0.182. The van der Waals surface area contributed by atoms with Gasteiger partial charge in [-0.15, -0.1) is 0 Å². The zero-order chi connectivity index (χ0) is 37.1. The van der Waals surface area contributed by atoms with Crippen LogP contribution in [-0.4, -0.2) is 0 Å². The summed E-state index contributed by atoms with van der Waals surface area (Å²) in [6, 6.07) is 63.5. The molecule has 0 N–H and O–H groups in total. The molecule has 0 amide bonds. The molecule has 11 aromatic rings. The van der Waals surface area contributed by atoms with Crippen LogP contribution >= 0.6 is 0 Å². The van der Waals surface area contributed by atoms with E-state index in [0.717, 1.165) is 72.1 Å². The molecule has 0 saturated heterocycles. The lowest BCUT2D eigenvalue weighted by atomic mass is 9.82. The maximum atomic E-state index is 7.20.